The lowest BCUT2D eigenvalue weighted by Crippen LogP contribution is -2.45. The van der Waals surface area contributed by atoms with E-state index in [0.717, 1.165) is 44.2 Å². The van der Waals surface area contributed by atoms with E-state index in [4.69, 9.17) is 0 Å². The predicted octanol–water partition coefficient (Wildman–Crippen LogP) is 0.720. The van der Waals surface area contributed by atoms with Crippen LogP contribution in [0.2, 0.25) is 0 Å². The van der Waals surface area contributed by atoms with Gasteiger partial charge in [0, 0.05) is 39.1 Å². The Morgan fingerprint density at radius 2 is 2.17 bits per heavy atom. The monoisotopic (exact) mass is 269 g/mol. The van der Waals surface area contributed by atoms with Crippen LogP contribution in [-0.2, 0) is 11.2 Å². The minimum absolute atomic E-state index is 0.293. The fourth-order valence-corrected chi connectivity index (χ4v) is 2.77. The molecule has 0 aromatic carbocycles. The van der Waals surface area contributed by atoms with Crippen molar-refractivity contribution in [3.8, 4) is 0 Å². The molecule has 1 fully saturated rings. The fourth-order valence-electron chi connectivity index (χ4n) is 1.95. The standard InChI is InChI=1S/C12H19N3O2S/c1-14-5-7-15(8-6-14)4-3-11-13-9-10(18-11)12(16)17-2/h9H,3-8H2,1-2H3. The maximum absolute atomic E-state index is 11.3. The average molecular weight is 269 g/mol. The predicted molar refractivity (Wildman–Crippen MR) is 71.1 cm³/mol. The van der Waals surface area contributed by atoms with E-state index in [9.17, 15) is 4.79 Å². The molecule has 1 aromatic heterocycles. The topological polar surface area (TPSA) is 45.7 Å². The Morgan fingerprint density at radius 1 is 1.44 bits per heavy atom. The van der Waals surface area contributed by atoms with Crippen molar-refractivity contribution in [3.05, 3.63) is 16.1 Å². The van der Waals surface area contributed by atoms with Crippen molar-refractivity contribution < 1.29 is 9.53 Å². The molecule has 1 saturated heterocycles. The van der Waals surface area contributed by atoms with E-state index in [0.29, 0.717) is 4.88 Å². The highest BCUT2D eigenvalue weighted by Crippen LogP contribution is 2.15. The lowest BCUT2D eigenvalue weighted by atomic mass is 10.3. The van der Waals surface area contributed by atoms with E-state index in [2.05, 4.69) is 26.6 Å². The molecule has 0 amide bonds. The Hall–Kier alpha value is -0.980. The molecule has 1 aromatic rings. The lowest BCUT2D eigenvalue weighted by Gasteiger charge is -2.32. The molecule has 0 aliphatic carbocycles. The van der Waals surface area contributed by atoms with Crippen LogP contribution >= 0.6 is 11.3 Å². The van der Waals surface area contributed by atoms with Crippen molar-refractivity contribution in [1.29, 1.82) is 0 Å². The maximum Gasteiger partial charge on any atom is 0.349 e. The summed E-state index contributed by atoms with van der Waals surface area (Å²) in [5, 5.41) is 1.01. The summed E-state index contributed by atoms with van der Waals surface area (Å²) in [6.45, 7) is 5.51. The molecule has 100 valence electrons. The van der Waals surface area contributed by atoms with Crippen LogP contribution in [0.4, 0.5) is 0 Å². The third kappa shape index (κ3) is 3.51. The summed E-state index contributed by atoms with van der Waals surface area (Å²) in [5.74, 6) is -0.293. The number of likely N-dealkylation sites (N-methyl/N-ethyl adjacent to an activating group) is 1. The van der Waals surface area contributed by atoms with Crippen LogP contribution in [0.5, 0.6) is 0 Å². The Balaban J connectivity index is 1.79. The van der Waals surface area contributed by atoms with Crippen LogP contribution < -0.4 is 0 Å². The number of rotatable bonds is 4. The smallest absolute Gasteiger partial charge is 0.349 e. The number of hydrogen-bond acceptors (Lipinski definition) is 6. The summed E-state index contributed by atoms with van der Waals surface area (Å²) in [4.78, 5) is 20.9. The highest BCUT2D eigenvalue weighted by molar-refractivity contribution is 7.13. The SMILES string of the molecule is COC(=O)c1cnc(CCN2CCN(C)CC2)s1. The van der Waals surface area contributed by atoms with Crippen LogP contribution in [-0.4, -0.2) is 67.6 Å². The highest BCUT2D eigenvalue weighted by atomic mass is 32.1. The van der Waals surface area contributed by atoms with E-state index in [1.54, 1.807) is 6.20 Å². The summed E-state index contributed by atoms with van der Waals surface area (Å²) in [6, 6.07) is 0. The van der Waals surface area contributed by atoms with Crippen molar-refractivity contribution in [1.82, 2.24) is 14.8 Å². The van der Waals surface area contributed by atoms with Crippen LogP contribution in [0.1, 0.15) is 14.7 Å². The van der Waals surface area contributed by atoms with Gasteiger partial charge < -0.3 is 14.5 Å². The largest absolute Gasteiger partial charge is 0.465 e. The van der Waals surface area contributed by atoms with Gasteiger partial charge in [-0.15, -0.1) is 11.3 Å². The molecule has 0 bridgehead atoms. The van der Waals surface area contributed by atoms with Gasteiger partial charge in [0.25, 0.3) is 0 Å². The van der Waals surface area contributed by atoms with Gasteiger partial charge >= 0.3 is 5.97 Å². The van der Waals surface area contributed by atoms with E-state index in [1.165, 1.54) is 18.4 Å². The molecule has 1 aliphatic rings. The van der Waals surface area contributed by atoms with E-state index in [1.807, 2.05) is 0 Å². The van der Waals surface area contributed by atoms with Crippen molar-refractivity contribution in [2.24, 2.45) is 0 Å². The molecule has 0 radical (unpaired) electrons. The number of thiazole rings is 1. The molecule has 0 N–H and O–H groups in total. The lowest BCUT2D eigenvalue weighted by molar-refractivity contribution is 0.0606. The maximum atomic E-state index is 11.3. The number of nitrogens with zero attached hydrogens (tertiary/aromatic N) is 3. The number of ether oxygens (including phenoxy) is 1. The molecule has 2 rings (SSSR count). The summed E-state index contributed by atoms with van der Waals surface area (Å²) in [7, 11) is 3.55. The normalized spacial score (nSPS) is 17.9. The van der Waals surface area contributed by atoms with Gasteiger partial charge in [-0.05, 0) is 7.05 Å². The number of carbonyl (C=O) groups is 1. The molecule has 6 heteroatoms. The Bertz CT molecular complexity index is 400. The molecular formula is C12H19N3O2S. The van der Waals surface area contributed by atoms with Gasteiger partial charge in [-0.1, -0.05) is 0 Å². The number of esters is 1. The number of methoxy groups -OCH3 is 1. The zero-order valence-corrected chi connectivity index (χ0v) is 11.7. The van der Waals surface area contributed by atoms with Crippen LogP contribution in [0.15, 0.2) is 6.20 Å². The Kier molecular flexibility index (Phi) is 4.68. The minimum Gasteiger partial charge on any atom is -0.465 e. The summed E-state index contributed by atoms with van der Waals surface area (Å²) in [5.41, 5.74) is 0. The Labute approximate surface area is 111 Å². The quantitative estimate of drug-likeness (QED) is 0.754. The number of piperazine rings is 1. The van der Waals surface area contributed by atoms with E-state index < -0.39 is 0 Å². The first kappa shape index (κ1) is 13.5. The molecule has 0 spiro atoms. The highest BCUT2D eigenvalue weighted by Gasteiger charge is 2.15. The molecule has 1 aliphatic heterocycles. The fraction of sp³-hybridized carbons (Fsp3) is 0.667. The molecule has 18 heavy (non-hydrogen) atoms. The van der Waals surface area contributed by atoms with Crippen molar-refractivity contribution in [2.45, 2.75) is 6.42 Å². The number of aromatic nitrogens is 1. The summed E-state index contributed by atoms with van der Waals surface area (Å²) >= 11 is 1.43. The summed E-state index contributed by atoms with van der Waals surface area (Å²) < 4.78 is 4.67. The van der Waals surface area contributed by atoms with Gasteiger partial charge in [-0.2, -0.15) is 0 Å². The van der Waals surface area contributed by atoms with Gasteiger partial charge in [0.1, 0.15) is 4.88 Å². The summed E-state index contributed by atoms with van der Waals surface area (Å²) in [6.07, 6.45) is 2.52. The molecule has 0 saturated carbocycles. The zero-order valence-electron chi connectivity index (χ0n) is 10.9. The molecule has 0 atom stereocenters. The van der Waals surface area contributed by atoms with E-state index in [-0.39, 0.29) is 5.97 Å². The molecular weight excluding hydrogens is 250 g/mol. The molecule has 0 unspecified atom stereocenters. The van der Waals surface area contributed by atoms with Crippen molar-refractivity contribution >= 4 is 17.3 Å². The first-order valence-electron chi connectivity index (χ1n) is 6.13. The zero-order chi connectivity index (χ0) is 13.0. The van der Waals surface area contributed by atoms with Crippen LogP contribution in [0, 0.1) is 0 Å². The van der Waals surface area contributed by atoms with E-state index >= 15 is 0 Å². The van der Waals surface area contributed by atoms with Gasteiger partial charge in [0.05, 0.1) is 18.3 Å². The van der Waals surface area contributed by atoms with Crippen LogP contribution in [0.25, 0.3) is 0 Å². The molecule has 5 nitrogen and oxygen atoms in total. The first-order chi connectivity index (χ1) is 8.69. The van der Waals surface area contributed by atoms with Crippen molar-refractivity contribution in [3.63, 3.8) is 0 Å². The third-order valence-corrected chi connectivity index (χ3v) is 4.22. The second-order valence-electron chi connectivity index (χ2n) is 4.50. The first-order valence-corrected chi connectivity index (χ1v) is 6.94. The van der Waals surface area contributed by atoms with Gasteiger partial charge in [-0.25, -0.2) is 9.78 Å². The Morgan fingerprint density at radius 3 is 2.83 bits per heavy atom. The van der Waals surface area contributed by atoms with Gasteiger partial charge in [0.2, 0.25) is 0 Å². The second-order valence-corrected chi connectivity index (χ2v) is 5.62. The average Bonchev–Trinajstić information content (AvgIpc) is 2.86. The second kappa shape index (κ2) is 6.26. The molecule has 2 heterocycles. The minimum atomic E-state index is -0.293. The van der Waals surface area contributed by atoms with Crippen LogP contribution in [0.3, 0.4) is 0 Å². The third-order valence-electron chi connectivity index (χ3n) is 3.18. The van der Waals surface area contributed by atoms with Gasteiger partial charge in [0.15, 0.2) is 0 Å². The van der Waals surface area contributed by atoms with Crippen molar-refractivity contribution in [2.75, 3.05) is 46.9 Å². The van der Waals surface area contributed by atoms with Gasteiger partial charge in [-0.3, -0.25) is 0 Å². The number of carbonyl (C=O) groups excluding carboxylic acids is 1. The number of hydrogen-bond donors (Lipinski definition) is 0.